The van der Waals surface area contributed by atoms with Gasteiger partial charge in [-0.15, -0.1) is 0 Å². The molecule has 11 heavy (non-hydrogen) atoms. The van der Waals surface area contributed by atoms with Crippen LogP contribution in [0.1, 0.15) is 12.8 Å². The molecule has 0 aliphatic heterocycles. The Hall–Kier alpha value is -1.19. The molecule has 0 aromatic heterocycles. The smallest absolute Gasteiger partial charge is 0.171 e. The largest absolute Gasteiger partial charge is 0.389 e. The first-order chi connectivity index (χ1) is 5.36. The lowest BCUT2D eigenvalue weighted by atomic mass is 10.4. The van der Waals surface area contributed by atoms with Crippen molar-refractivity contribution in [3.05, 3.63) is 11.9 Å². The average Bonchev–Trinajstić information content (AvgIpc) is 2.82. The van der Waals surface area contributed by atoms with Crippen molar-refractivity contribution >= 4 is 6.29 Å². The second-order valence-electron chi connectivity index (χ2n) is 2.65. The van der Waals surface area contributed by atoms with Gasteiger partial charge >= 0.3 is 0 Å². The molecular weight excluding hydrogens is 142 g/mol. The standard InChI is InChI=1S/C7H11N3O/c8-10-7(5-11)4-9-3-6-1-2-6/h4-6,8-9H,1-3H2/b7-4-,10-8?. The number of rotatable bonds is 5. The van der Waals surface area contributed by atoms with E-state index < -0.39 is 0 Å². The van der Waals surface area contributed by atoms with Gasteiger partial charge in [-0.2, -0.15) is 5.11 Å². The summed E-state index contributed by atoms with van der Waals surface area (Å²) < 4.78 is 0. The average molecular weight is 153 g/mol. The number of aldehydes is 1. The zero-order chi connectivity index (χ0) is 8.10. The minimum Gasteiger partial charge on any atom is -0.389 e. The minimum atomic E-state index is 0.144. The van der Waals surface area contributed by atoms with E-state index in [4.69, 9.17) is 5.53 Å². The molecule has 1 fully saturated rings. The van der Waals surface area contributed by atoms with E-state index in [1.165, 1.54) is 19.0 Å². The Morgan fingerprint density at radius 3 is 2.91 bits per heavy atom. The first kappa shape index (κ1) is 7.91. The molecule has 60 valence electrons. The number of nitrogens with zero attached hydrogens (tertiary/aromatic N) is 1. The van der Waals surface area contributed by atoms with Gasteiger partial charge in [-0.3, -0.25) is 4.79 Å². The highest BCUT2D eigenvalue weighted by Gasteiger charge is 2.19. The molecule has 0 spiro atoms. The van der Waals surface area contributed by atoms with Gasteiger partial charge in [0, 0.05) is 12.7 Å². The van der Waals surface area contributed by atoms with Crippen LogP contribution in [-0.4, -0.2) is 12.8 Å². The zero-order valence-electron chi connectivity index (χ0n) is 6.21. The molecule has 1 rings (SSSR count). The van der Waals surface area contributed by atoms with Crippen LogP contribution >= 0.6 is 0 Å². The molecule has 0 amide bonds. The highest BCUT2D eigenvalue weighted by Crippen LogP contribution is 2.27. The third kappa shape index (κ3) is 2.93. The summed E-state index contributed by atoms with van der Waals surface area (Å²) in [7, 11) is 0. The van der Waals surface area contributed by atoms with Gasteiger partial charge in [0.25, 0.3) is 0 Å². The van der Waals surface area contributed by atoms with Crippen LogP contribution < -0.4 is 5.32 Å². The number of allylic oxidation sites excluding steroid dienone is 1. The molecule has 1 saturated carbocycles. The lowest BCUT2D eigenvalue weighted by molar-refractivity contribution is -0.105. The first-order valence-corrected chi connectivity index (χ1v) is 3.63. The molecule has 0 aromatic rings. The van der Waals surface area contributed by atoms with Crippen molar-refractivity contribution in [1.82, 2.24) is 5.32 Å². The second-order valence-corrected chi connectivity index (χ2v) is 2.65. The number of hydrogen-bond acceptors (Lipinski definition) is 4. The van der Waals surface area contributed by atoms with Crippen molar-refractivity contribution in [2.24, 2.45) is 11.0 Å². The fourth-order valence-electron chi connectivity index (χ4n) is 0.745. The summed E-state index contributed by atoms with van der Waals surface area (Å²) in [6, 6.07) is 0. The Balaban J connectivity index is 2.18. The highest BCUT2D eigenvalue weighted by atomic mass is 16.1. The van der Waals surface area contributed by atoms with Crippen LogP contribution in [0, 0.1) is 11.4 Å². The summed E-state index contributed by atoms with van der Waals surface area (Å²) >= 11 is 0. The van der Waals surface area contributed by atoms with E-state index in [0.29, 0.717) is 6.29 Å². The summed E-state index contributed by atoms with van der Waals surface area (Å²) in [6.45, 7) is 0.896. The summed E-state index contributed by atoms with van der Waals surface area (Å²) in [6.07, 6.45) is 4.59. The van der Waals surface area contributed by atoms with Gasteiger partial charge in [0.1, 0.15) is 5.70 Å². The third-order valence-corrected chi connectivity index (χ3v) is 1.60. The highest BCUT2D eigenvalue weighted by molar-refractivity contribution is 5.71. The van der Waals surface area contributed by atoms with Crippen LogP contribution in [0.5, 0.6) is 0 Å². The SMILES string of the molecule is N=N/C(C=O)=C\NCC1CC1. The molecule has 0 bridgehead atoms. The number of carbonyl (C=O) groups excluding carboxylic acids is 1. The van der Waals surface area contributed by atoms with E-state index >= 15 is 0 Å². The molecule has 4 nitrogen and oxygen atoms in total. The summed E-state index contributed by atoms with van der Waals surface area (Å²) in [5.41, 5.74) is 6.69. The van der Waals surface area contributed by atoms with Crippen LogP contribution in [0.25, 0.3) is 0 Å². The monoisotopic (exact) mass is 153 g/mol. The lowest BCUT2D eigenvalue weighted by Crippen LogP contribution is -2.09. The van der Waals surface area contributed by atoms with Crippen molar-refractivity contribution in [2.75, 3.05) is 6.54 Å². The summed E-state index contributed by atoms with van der Waals surface area (Å²) in [5.74, 6) is 0.768. The van der Waals surface area contributed by atoms with E-state index in [1.807, 2.05) is 0 Å². The molecule has 2 N–H and O–H groups in total. The molecule has 1 aliphatic rings. The quantitative estimate of drug-likeness (QED) is 0.352. The third-order valence-electron chi connectivity index (χ3n) is 1.60. The van der Waals surface area contributed by atoms with Crippen molar-refractivity contribution in [3.8, 4) is 0 Å². The van der Waals surface area contributed by atoms with Crippen LogP contribution in [0.2, 0.25) is 0 Å². The normalized spacial score (nSPS) is 17.6. The van der Waals surface area contributed by atoms with Crippen LogP contribution in [-0.2, 0) is 4.79 Å². The Morgan fingerprint density at radius 2 is 2.45 bits per heavy atom. The van der Waals surface area contributed by atoms with E-state index in [-0.39, 0.29) is 5.70 Å². The predicted molar refractivity (Wildman–Crippen MR) is 40.0 cm³/mol. The lowest BCUT2D eigenvalue weighted by Gasteiger charge is -1.95. The number of carbonyl (C=O) groups is 1. The van der Waals surface area contributed by atoms with Gasteiger partial charge in [0.05, 0.1) is 0 Å². The Kier molecular flexibility index (Phi) is 2.77. The second kappa shape index (κ2) is 3.85. The number of nitrogens with one attached hydrogen (secondary N) is 2. The van der Waals surface area contributed by atoms with Crippen molar-refractivity contribution < 1.29 is 4.79 Å². The molecular formula is C7H11N3O. The van der Waals surface area contributed by atoms with Crippen LogP contribution in [0.15, 0.2) is 17.0 Å². The molecule has 0 radical (unpaired) electrons. The van der Waals surface area contributed by atoms with Crippen LogP contribution in [0.4, 0.5) is 0 Å². The maximum absolute atomic E-state index is 10.1. The molecule has 0 saturated heterocycles. The van der Waals surface area contributed by atoms with Crippen molar-refractivity contribution in [3.63, 3.8) is 0 Å². The van der Waals surface area contributed by atoms with Gasteiger partial charge in [-0.05, 0) is 18.8 Å². The van der Waals surface area contributed by atoms with Gasteiger partial charge in [0.2, 0.25) is 0 Å². The van der Waals surface area contributed by atoms with Crippen molar-refractivity contribution in [1.29, 1.82) is 5.53 Å². The van der Waals surface area contributed by atoms with E-state index in [0.717, 1.165) is 12.5 Å². The molecule has 0 heterocycles. The van der Waals surface area contributed by atoms with E-state index in [2.05, 4.69) is 10.4 Å². The Labute approximate surface area is 65.2 Å². The van der Waals surface area contributed by atoms with Crippen molar-refractivity contribution in [2.45, 2.75) is 12.8 Å². The first-order valence-electron chi connectivity index (χ1n) is 3.63. The zero-order valence-corrected chi connectivity index (χ0v) is 6.21. The molecule has 0 aromatic carbocycles. The fraction of sp³-hybridized carbons (Fsp3) is 0.571. The number of hydrogen-bond donors (Lipinski definition) is 2. The maximum atomic E-state index is 10.1. The fourth-order valence-corrected chi connectivity index (χ4v) is 0.745. The minimum absolute atomic E-state index is 0.144. The molecule has 1 aliphatic carbocycles. The molecule has 0 atom stereocenters. The molecule has 4 heteroatoms. The predicted octanol–water partition coefficient (Wildman–Crippen LogP) is 1.06. The van der Waals surface area contributed by atoms with Crippen LogP contribution in [0.3, 0.4) is 0 Å². The van der Waals surface area contributed by atoms with E-state index in [9.17, 15) is 4.79 Å². The van der Waals surface area contributed by atoms with Gasteiger partial charge in [-0.1, -0.05) is 0 Å². The van der Waals surface area contributed by atoms with E-state index in [1.54, 1.807) is 0 Å². The summed E-state index contributed by atoms with van der Waals surface area (Å²) in [5, 5.41) is 5.95. The van der Waals surface area contributed by atoms with Gasteiger partial charge < -0.3 is 5.32 Å². The van der Waals surface area contributed by atoms with Gasteiger partial charge in [-0.25, -0.2) is 5.53 Å². The maximum Gasteiger partial charge on any atom is 0.171 e. The Bertz CT molecular complexity index is 174. The summed E-state index contributed by atoms with van der Waals surface area (Å²) in [4.78, 5) is 10.1. The molecule has 0 unspecified atom stereocenters. The van der Waals surface area contributed by atoms with Gasteiger partial charge in [0.15, 0.2) is 6.29 Å². The topological polar surface area (TPSA) is 65.3 Å². The Morgan fingerprint density at radius 1 is 1.73 bits per heavy atom.